The molecule has 3 rings (SSSR count). The fourth-order valence-electron chi connectivity index (χ4n) is 2.13. The summed E-state index contributed by atoms with van der Waals surface area (Å²) in [5.41, 5.74) is 7.90. The average Bonchev–Trinajstić information content (AvgIpc) is 2.96. The van der Waals surface area contributed by atoms with E-state index in [2.05, 4.69) is 9.97 Å². The van der Waals surface area contributed by atoms with E-state index in [1.807, 2.05) is 6.08 Å². The molecule has 2 aromatic heterocycles. The van der Waals surface area contributed by atoms with Gasteiger partial charge >= 0.3 is 0 Å². The Bertz CT molecular complexity index is 749. The highest BCUT2D eigenvalue weighted by molar-refractivity contribution is 5.76. The summed E-state index contributed by atoms with van der Waals surface area (Å²) in [5.74, 6) is 0.910. The third-order valence-corrected chi connectivity index (χ3v) is 3.14. The van der Waals surface area contributed by atoms with Crippen LogP contribution in [0.2, 0.25) is 0 Å². The van der Waals surface area contributed by atoms with Crippen LogP contribution in [0.5, 0.6) is 0 Å². The first-order chi connectivity index (χ1) is 9.65. The first-order valence-corrected chi connectivity index (χ1v) is 6.28. The molecule has 6 nitrogen and oxygen atoms in total. The molecule has 2 N–H and O–H groups in total. The maximum atomic E-state index is 11.5. The highest BCUT2D eigenvalue weighted by Crippen LogP contribution is 2.29. The quantitative estimate of drug-likeness (QED) is 0.886. The number of aryl methyl sites for hydroxylation is 1. The van der Waals surface area contributed by atoms with E-state index in [1.54, 1.807) is 25.5 Å². The van der Waals surface area contributed by atoms with E-state index in [4.69, 9.17) is 10.5 Å². The zero-order valence-electron chi connectivity index (χ0n) is 11.0. The molecule has 1 aliphatic heterocycles. The van der Waals surface area contributed by atoms with Crippen LogP contribution in [0.3, 0.4) is 0 Å². The second-order valence-corrected chi connectivity index (χ2v) is 4.56. The molecule has 0 saturated carbocycles. The van der Waals surface area contributed by atoms with Crippen molar-refractivity contribution >= 4 is 11.7 Å². The molecule has 0 spiro atoms. The molecule has 3 heterocycles. The first kappa shape index (κ1) is 12.4. The fraction of sp³-hybridized carbons (Fsp3) is 0.214. The van der Waals surface area contributed by atoms with Gasteiger partial charge in [0.05, 0.1) is 6.61 Å². The summed E-state index contributed by atoms with van der Waals surface area (Å²) in [6.07, 6.45) is 6.23. The molecular weight excluding hydrogens is 256 g/mol. The van der Waals surface area contributed by atoms with Gasteiger partial charge in [-0.25, -0.2) is 9.97 Å². The first-order valence-electron chi connectivity index (χ1n) is 6.28. The molecule has 0 radical (unpaired) electrons. The van der Waals surface area contributed by atoms with Crippen molar-refractivity contribution in [2.24, 2.45) is 7.05 Å². The summed E-state index contributed by atoms with van der Waals surface area (Å²) in [4.78, 5) is 19.8. The third kappa shape index (κ3) is 2.16. The van der Waals surface area contributed by atoms with Crippen molar-refractivity contribution in [1.82, 2.24) is 14.5 Å². The molecule has 0 aliphatic carbocycles. The van der Waals surface area contributed by atoms with Crippen LogP contribution in [0, 0.1) is 0 Å². The van der Waals surface area contributed by atoms with Crippen molar-refractivity contribution < 1.29 is 4.74 Å². The van der Waals surface area contributed by atoms with Crippen LogP contribution < -0.4 is 11.3 Å². The number of rotatable bonds is 2. The van der Waals surface area contributed by atoms with Crippen molar-refractivity contribution in [3.8, 4) is 11.1 Å². The van der Waals surface area contributed by atoms with Crippen LogP contribution in [0.4, 0.5) is 5.95 Å². The fourth-order valence-corrected chi connectivity index (χ4v) is 2.13. The normalized spacial score (nSPS) is 13.9. The van der Waals surface area contributed by atoms with Crippen molar-refractivity contribution in [2.45, 2.75) is 6.42 Å². The molecule has 6 heteroatoms. The molecule has 20 heavy (non-hydrogen) atoms. The van der Waals surface area contributed by atoms with Gasteiger partial charge in [0.25, 0.3) is 0 Å². The Kier molecular flexibility index (Phi) is 2.98. The molecular formula is C14H14N4O2. The molecule has 0 aromatic carbocycles. The molecule has 2 aromatic rings. The second kappa shape index (κ2) is 4.80. The molecule has 0 unspecified atom stereocenters. The lowest BCUT2D eigenvalue weighted by Crippen LogP contribution is -2.14. The summed E-state index contributed by atoms with van der Waals surface area (Å²) in [5, 5.41) is 0. The number of pyridine rings is 1. The Labute approximate surface area is 115 Å². The lowest BCUT2D eigenvalue weighted by Gasteiger charge is -2.11. The molecule has 0 bridgehead atoms. The number of nitrogen functional groups attached to an aromatic ring is 1. The smallest absolute Gasteiger partial charge is 0.250 e. The summed E-state index contributed by atoms with van der Waals surface area (Å²) in [6, 6.07) is 3.26. The number of aromatic nitrogens is 3. The van der Waals surface area contributed by atoms with E-state index >= 15 is 0 Å². The summed E-state index contributed by atoms with van der Waals surface area (Å²) in [6.45, 7) is 0.645. The van der Waals surface area contributed by atoms with Gasteiger partial charge in [-0.3, -0.25) is 4.79 Å². The van der Waals surface area contributed by atoms with Gasteiger partial charge in [-0.2, -0.15) is 0 Å². The topological polar surface area (TPSA) is 83.0 Å². The van der Waals surface area contributed by atoms with E-state index in [-0.39, 0.29) is 11.5 Å². The molecule has 0 fully saturated rings. The van der Waals surface area contributed by atoms with Gasteiger partial charge in [-0.1, -0.05) is 0 Å². The second-order valence-electron chi connectivity index (χ2n) is 4.56. The zero-order valence-corrected chi connectivity index (χ0v) is 11.0. The van der Waals surface area contributed by atoms with Crippen molar-refractivity contribution in [3.63, 3.8) is 0 Å². The largest absolute Gasteiger partial charge is 0.491 e. The third-order valence-electron chi connectivity index (χ3n) is 3.14. The minimum atomic E-state index is -0.0667. The molecule has 0 amide bonds. The van der Waals surface area contributed by atoms with Crippen molar-refractivity contribution in [3.05, 3.63) is 46.7 Å². The van der Waals surface area contributed by atoms with Crippen LogP contribution in [0.1, 0.15) is 12.1 Å². The lowest BCUT2D eigenvalue weighted by molar-refractivity contribution is 0.306. The molecule has 0 atom stereocenters. The molecule has 102 valence electrons. The monoisotopic (exact) mass is 270 g/mol. The summed E-state index contributed by atoms with van der Waals surface area (Å²) >= 11 is 0. The van der Waals surface area contributed by atoms with Crippen LogP contribution in [0.15, 0.2) is 35.4 Å². The van der Waals surface area contributed by atoms with E-state index < -0.39 is 0 Å². The van der Waals surface area contributed by atoms with E-state index in [1.165, 1.54) is 10.6 Å². The lowest BCUT2D eigenvalue weighted by atomic mass is 10.1. The Hall–Kier alpha value is -2.63. The maximum Gasteiger partial charge on any atom is 0.250 e. The van der Waals surface area contributed by atoms with Gasteiger partial charge < -0.3 is 15.0 Å². The number of hydrogen-bond donors (Lipinski definition) is 1. The number of nitrogens with two attached hydrogens (primary N) is 1. The summed E-state index contributed by atoms with van der Waals surface area (Å²) in [7, 11) is 1.70. The van der Waals surface area contributed by atoms with Crippen molar-refractivity contribution in [1.29, 1.82) is 0 Å². The Morgan fingerprint density at radius 1 is 1.40 bits per heavy atom. The maximum absolute atomic E-state index is 11.5. The molecule has 0 saturated heterocycles. The highest BCUT2D eigenvalue weighted by atomic mass is 16.5. The Morgan fingerprint density at radius 3 is 2.95 bits per heavy atom. The predicted octanol–water partition coefficient (Wildman–Crippen LogP) is 1.19. The van der Waals surface area contributed by atoms with Gasteiger partial charge in [0.1, 0.15) is 11.5 Å². The molecule has 1 aliphatic rings. The Morgan fingerprint density at radius 2 is 2.25 bits per heavy atom. The SMILES string of the molecule is Cn1cc(-c2cnc(N)nc2C2=CCCO2)ccc1=O. The van der Waals surface area contributed by atoms with Gasteiger partial charge in [0.15, 0.2) is 0 Å². The van der Waals surface area contributed by atoms with Gasteiger partial charge in [-0.05, 0) is 12.1 Å². The standard InChI is InChI=1S/C14H14N4O2/c1-18-8-9(4-5-12(18)19)10-7-16-14(15)17-13(10)11-3-2-6-20-11/h3-5,7-8H,2,6H2,1H3,(H2,15,16,17). The predicted molar refractivity (Wildman–Crippen MR) is 75.7 cm³/mol. The number of nitrogens with zero attached hydrogens (tertiary/aromatic N) is 3. The number of hydrogen-bond acceptors (Lipinski definition) is 5. The van der Waals surface area contributed by atoms with Crippen molar-refractivity contribution in [2.75, 3.05) is 12.3 Å². The Balaban J connectivity index is 2.17. The van der Waals surface area contributed by atoms with Gasteiger partial charge in [0.2, 0.25) is 11.5 Å². The number of ether oxygens (including phenoxy) is 1. The highest BCUT2D eigenvalue weighted by Gasteiger charge is 2.17. The average molecular weight is 270 g/mol. The number of anilines is 1. The van der Waals surface area contributed by atoms with Gasteiger partial charge in [0, 0.05) is 43.1 Å². The zero-order chi connectivity index (χ0) is 14.1. The van der Waals surface area contributed by atoms with E-state index in [0.717, 1.165) is 17.5 Å². The van der Waals surface area contributed by atoms with E-state index in [0.29, 0.717) is 18.1 Å². The van der Waals surface area contributed by atoms with Gasteiger partial charge in [-0.15, -0.1) is 0 Å². The van der Waals surface area contributed by atoms with Crippen LogP contribution in [-0.4, -0.2) is 21.1 Å². The minimum absolute atomic E-state index is 0.0667. The van der Waals surface area contributed by atoms with Crippen LogP contribution in [0.25, 0.3) is 16.9 Å². The van der Waals surface area contributed by atoms with Crippen LogP contribution >= 0.6 is 0 Å². The minimum Gasteiger partial charge on any atom is -0.491 e. The van der Waals surface area contributed by atoms with E-state index in [9.17, 15) is 4.79 Å². The summed E-state index contributed by atoms with van der Waals surface area (Å²) < 4.78 is 7.07. The van der Waals surface area contributed by atoms with Crippen LogP contribution in [-0.2, 0) is 11.8 Å².